The smallest absolute Gasteiger partial charge is 0.305 e. The molecule has 2 aliphatic rings. The van der Waals surface area contributed by atoms with E-state index in [0.29, 0.717) is 32.0 Å². The monoisotopic (exact) mass is 396 g/mol. The molecule has 0 aliphatic carbocycles. The quantitative estimate of drug-likeness (QED) is 0.151. The molecule has 0 aromatic rings. The molecule has 0 radical (unpaired) electrons. The molecule has 2 rings (SSSR count). The van der Waals surface area contributed by atoms with Gasteiger partial charge < -0.3 is 18.9 Å². The van der Waals surface area contributed by atoms with Gasteiger partial charge >= 0.3 is 11.9 Å². The van der Waals surface area contributed by atoms with Gasteiger partial charge in [0.25, 0.3) is 0 Å². The molecule has 2 aliphatic heterocycles. The first kappa shape index (κ1) is 22.9. The van der Waals surface area contributed by atoms with E-state index in [1.54, 1.807) is 0 Å². The minimum Gasteiger partial charge on any atom is -0.463 e. The first-order valence-corrected chi connectivity index (χ1v) is 10.8. The molecule has 160 valence electrons. The Morgan fingerprint density at radius 1 is 0.821 bits per heavy atom. The van der Waals surface area contributed by atoms with Crippen molar-refractivity contribution in [3.63, 3.8) is 0 Å². The zero-order valence-corrected chi connectivity index (χ0v) is 17.1. The van der Waals surface area contributed by atoms with E-state index in [9.17, 15) is 9.59 Å². The number of rotatable bonds is 18. The van der Waals surface area contributed by atoms with E-state index in [0.717, 1.165) is 71.0 Å². The number of carbonyl (C=O) groups is 2. The Hall–Kier alpha value is -1.40. The Labute approximate surface area is 168 Å². The molecule has 6 heteroatoms. The van der Waals surface area contributed by atoms with E-state index < -0.39 is 0 Å². The Kier molecular flexibility index (Phi) is 11.2. The zero-order chi connectivity index (χ0) is 20.0. The second-order valence-electron chi connectivity index (χ2n) is 7.82. The molecular weight excluding hydrogens is 360 g/mol. The average molecular weight is 397 g/mol. The summed E-state index contributed by atoms with van der Waals surface area (Å²) in [5.41, 5.74) is 0. The summed E-state index contributed by atoms with van der Waals surface area (Å²) in [5, 5.41) is 0. The SMILES string of the molecule is C=CC(CCCCCCC(=O)OCC1CO1)CCCCCC(=O)OCC1CO1. The topological polar surface area (TPSA) is 77.7 Å². The summed E-state index contributed by atoms with van der Waals surface area (Å²) in [6.45, 7) is 6.22. The van der Waals surface area contributed by atoms with Crippen molar-refractivity contribution in [2.45, 2.75) is 82.8 Å². The van der Waals surface area contributed by atoms with Crippen molar-refractivity contribution in [1.29, 1.82) is 0 Å². The van der Waals surface area contributed by atoms with Crippen LogP contribution >= 0.6 is 0 Å². The highest BCUT2D eigenvalue weighted by Gasteiger charge is 2.24. The Balaban J connectivity index is 1.34. The molecule has 0 saturated carbocycles. The van der Waals surface area contributed by atoms with Crippen molar-refractivity contribution in [3.8, 4) is 0 Å². The maximum absolute atomic E-state index is 11.5. The molecule has 0 bridgehead atoms. The zero-order valence-electron chi connectivity index (χ0n) is 17.1. The third-order valence-corrected chi connectivity index (χ3v) is 5.16. The standard InChI is InChI=1S/C22H36O6/c1-2-18(11-7-5-9-13-22(24)28-17-20-15-26-20)10-6-3-4-8-12-21(23)27-16-19-14-25-19/h2,18-20H,1,3-17H2. The van der Waals surface area contributed by atoms with E-state index in [1.807, 2.05) is 0 Å². The molecule has 2 fully saturated rings. The van der Waals surface area contributed by atoms with Crippen molar-refractivity contribution in [2.24, 2.45) is 5.92 Å². The van der Waals surface area contributed by atoms with Crippen molar-refractivity contribution in [3.05, 3.63) is 12.7 Å². The second-order valence-corrected chi connectivity index (χ2v) is 7.82. The maximum Gasteiger partial charge on any atom is 0.305 e. The van der Waals surface area contributed by atoms with Gasteiger partial charge in [-0.3, -0.25) is 9.59 Å². The van der Waals surface area contributed by atoms with Gasteiger partial charge in [-0.15, -0.1) is 6.58 Å². The van der Waals surface area contributed by atoms with Crippen LogP contribution in [0.4, 0.5) is 0 Å². The third kappa shape index (κ3) is 12.1. The highest BCUT2D eigenvalue weighted by Crippen LogP contribution is 2.20. The first-order valence-electron chi connectivity index (χ1n) is 10.8. The molecule has 3 unspecified atom stereocenters. The first-order chi connectivity index (χ1) is 13.7. The minimum absolute atomic E-state index is 0.107. The van der Waals surface area contributed by atoms with E-state index in [2.05, 4.69) is 12.7 Å². The van der Waals surface area contributed by atoms with Crippen molar-refractivity contribution >= 4 is 11.9 Å². The fourth-order valence-corrected chi connectivity index (χ4v) is 3.11. The number of hydrogen-bond donors (Lipinski definition) is 0. The van der Waals surface area contributed by atoms with Crippen LogP contribution < -0.4 is 0 Å². The number of carbonyl (C=O) groups excluding carboxylic acids is 2. The number of epoxide rings is 2. The van der Waals surface area contributed by atoms with E-state index >= 15 is 0 Å². The molecule has 2 heterocycles. The fraction of sp³-hybridized carbons (Fsp3) is 0.818. The number of unbranched alkanes of at least 4 members (excludes halogenated alkanes) is 5. The van der Waals surface area contributed by atoms with E-state index in [1.165, 1.54) is 0 Å². The summed E-state index contributed by atoms with van der Waals surface area (Å²) >= 11 is 0. The van der Waals surface area contributed by atoms with Crippen LogP contribution in [0, 0.1) is 5.92 Å². The van der Waals surface area contributed by atoms with Crippen LogP contribution in [0.15, 0.2) is 12.7 Å². The number of esters is 2. The van der Waals surface area contributed by atoms with Gasteiger partial charge in [0.15, 0.2) is 0 Å². The van der Waals surface area contributed by atoms with Crippen LogP contribution in [-0.4, -0.2) is 50.6 Å². The van der Waals surface area contributed by atoms with Gasteiger partial charge in [0.1, 0.15) is 25.4 Å². The van der Waals surface area contributed by atoms with Crippen molar-refractivity contribution in [1.82, 2.24) is 0 Å². The molecule has 0 N–H and O–H groups in total. The lowest BCUT2D eigenvalue weighted by molar-refractivity contribution is -0.145. The minimum atomic E-state index is -0.111. The lowest BCUT2D eigenvalue weighted by Gasteiger charge is -2.12. The second kappa shape index (κ2) is 13.7. The van der Waals surface area contributed by atoms with Gasteiger partial charge in [-0.05, 0) is 31.6 Å². The summed E-state index contributed by atoms with van der Waals surface area (Å²) < 4.78 is 20.3. The summed E-state index contributed by atoms with van der Waals surface area (Å²) in [4.78, 5) is 23.1. The molecule has 2 saturated heterocycles. The summed E-state index contributed by atoms with van der Waals surface area (Å²) in [6, 6.07) is 0. The number of allylic oxidation sites excluding steroid dienone is 1. The molecule has 0 aromatic heterocycles. The van der Waals surface area contributed by atoms with Crippen LogP contribution in [0.3, 0.4) is 0 Å². The van der Waals surface area contributed by atoms with Gasteiger partial charge in [-0.2, -0.15) is 0 Å². The van der Waals surface area contributed by atoms with Gasteiger partial charge in [-0.25, -0.2) is 0 Å². The highest BCUT2D eigenvalue weighted by atomic mass is 16.6. The van der Waals surface area contributed by atoms with Gasteiger partial charge in [0, 0.05) is 12.8 Å². The van der Waals surface area contributed by atoms with Gasteiger partial charge in [-0.1, -0.05) is 38.2 Å². The largest absolute Gasteiger partial charge is 0.463 e. The average Bonchev–Trinajstić information content (AvgIpc) is 3.60. The van der Waals surface area contributed by atoms with Crippen LogP contribution in [0.5, 0.6) is 0 Å². The summed E-state index contributed by atoms with van der Waals surface area (Å²) in [6.07, 6.45) is 13.0. The highest BCUT2D eigenvalue weighted by molar-refractivity contribution is 5.69. The molecule has 6 nitrogen and oxygen atoms in total. The summed E-state index contributed by atoms with van der Waals surface area (Å²) in [5.74, 6) is 0.326. The normalized spacial score (nSPS) is 21.0. The number of hydrogen-bond acceptors (Lipinski definition) is 6. The predicted molar refractivity (Wildman–Crippen MR) is 106 cm³/mol. The van der Waals surface area contributed by atoms with Crippen molar-refractivity contribution in [2.75, 3.05) is 26.4 Å². The Morgan fingerprint density at radius 2 is 1.25 bits per heavy atom. The van der Waals surface area contributed by atoms with E-state index in [4.69, 9.17) is 18.9 Å². The van der Waals surface area contributed by atoms with Crippen LogP contribution in [-0.2, 0) is 28.5 Å². The van der Waals surface area contributed by atoms with Gasteiger partial charge in [0.05, 0.1) is 13.2 Å². The fourth-order valence-electron chi connectivity index (χ4n) is 3.11. The van der Waals surface area contributed by atoms with Crippen LogP contribution in [0.1, 0.15) is 70.6 Å². The molecule has 0 amide bonds. The van der Waals surface area contributed by atoms with Crippen LogP contribution in [0.25, 0.3) is 0 Å². The van der Waals surface area contributed by atoms with E-state index in [-0.39, 0.29) is 24.1 Å². The lowest BCUT2D eigenvalue weighted by atomic mass is 9.94. The molecule has 0 aromatic carbocycles. The summed E-state index contributed by atoms with van der Waals surface area (Å²) in [7, 11) is 0. The molecule has 0 spiro atoms. The van der Waals surface area contributed by atoms with Gasteiger partial charge in [0.2, 0.25) is 0 Å². The Bertz CT molecular complexity index is 470. The van der Waals surface area contributed by atoms with Crippen molar-refractivity contribution < 1.29 is 28.5 Å². The van der Waals surface area contributed by atoms with Crippen LogP contribution in [0.2, 0.25) is 0 Å². The maximum atomic E-state index is 11.5. The predicted octanol–water partition coefficient (Wildman–Crippen LogP) is 3.96. The molecule has 3 atom stereocenters. The number of ether oxygens (including phenoxy) is 4. The molecular formula is C22H36O6. The molecule has 28 heavy (non-hydrogen) atoms. The lowest BCUT2D eigenvalue weighted by Crippen LogP contribution is -2.09. The Morgan fingerprint density at radius 3 is 1.68 bits per heavy atom. The third-order valence-electron chi connectivity index (χ3n) is 5.16.